The Morgan fingerprint density at radius 1 is 1.28 bits per heavy atom. The van der Waals surface area contributed by atoms with Crippen molar-refractivity contribution in [3.8, 4) is 0 Å². The third-order valence-electron chi connectivity index (χ3n) is 4.03. The number of anilines is 1. The van der Waals surface area contributed by atoms with Crippen LogP contribution in [0.15, 0.2) is 40.3 Å². The summed E-state index contributed by atoms with van der Waals surface area (Å²) in [5.74, 6) is -0.419. The number of benzene rings is 1. The minimum absolute atomic E-state index is 0.229. The van der Waals surface area contributed by atoms with E-state index in [4.69, 9.17) is 4.74 Å². The van der Waals surface area contributed by atoms with Crippen LogP contribution in [0.3, 0.4) is 0 Å². The molecule has 0 aliphatic heterocycles. The van der Waals surface area contributed by atoms with Gasteiger partial charge in [-0.05, 0) is 42.8 Å². The van der Waals surface area contributed by atoms with E-state index in [9.17, 15) is 14.0 Å². The lowest BCUT2D eigenvalue weighted by molar-refractivity contribution is 0.0528. The number of nitrogens with one attached hydrogen (secondary N) is 2. The maximum Gasteiger partial charge on any atom is 0.407 e. The highest BCUT2D eigenvalue weighted by molar-refractivity contribution is 9.10. The summed E-state index contributed by atoms with van der Waals surface area (Å²) in [7, 11) is 0. The molecule has 11 heteroatoms. The molecule has 32 heavy (non-hydrogen) atoms. The Hall–Kier alpha value is -2.79. The maximum absolute atomic E-state index is 13.9. The highest BCUT2D eigenvalue weighted by Crippen LogP contribution is 2.22. The van der Waals surface area contributed by atoms with Gasteiger partial charge in [0.15, 0.2) is 5.82 Å². The summed E-state index contributed by atoms with van der Waals surface area (Å²) in [5, 5.41) is 12.0. The smallest absolute Gasteiger partial charge is 0.407 e. The van der Waals surface area contributed by atoms with E-state index in [1.54, 1.807) is 50.5 Å². The van der Waals surface area contributed by atoms with Crippen molar-refractivity contribution in [1.82, 2.24) is 20.1 Å². The van der Waals surface area contributed by atoms with Crippen molar-refractivity contribution in [3.63, 3.8) is 0 Å². The van der Waals surface area contributed by atoms with E-state index in [-0.39, 0.29) is 18.1 Å². The van der Waals surface area contributed by atoms with Gasteiger partial charge < -0.3 is 15.4 Å². The van der Waals surface area contributed by atoms with Gasteiger partial charge in [-0.2, -0.15) is 5.10 Å². The molecule has 0 bridgehead atoms. The molecule has 0 aliphatic rings. The number of carbonyl (C=O) groups is 2. The zero-order valence-electron chi connectivity index (χ0n) is 17.8. The fourth-order valence-corrected chi connectivity index (χ4v) is 3.84. The lowest BCUT2D eigenvalue weighted by Gasteiger charge is -2.19. The Bertz CT molecular complexity index is 1110. The van der Waals surface area contributed by atoms with Gasteiger partial charge in [0.05, 0.1) is 16.0 Å². The molecular weight excluding hydrogens is 501 g/mol. The van der Waals surface area contributed by atoms with Crippen LogP contribution in [0.1, 0.15) is 41.8 Å². The van der Waals surface area contributed by atoms with Gasteiger partial charge in [-0.15, -0.1) is 11.3 Å². The summed E-state index contributed by atoms with van der Waals surface area (Å²) < 4.78 is 21.1. The molecule has 0 saturated heterocycles. The largest absolute Gasteiger partial charge is 0.444 e. The normalized spacial score (nSPS) is 11.3. The lowest BCUT2D eigenvalue weighted by Crippen LogP contribution is -2.33. The number of carbonyl (C=O) groups excluding carboxylic acids is 2. The van der Waals surface area contributed by atoms with Crippen LogP contribution in [0.5, 0.6) is 0 Å². The Kier molecular flexibility index (Phi) is 7.62. The molecule has 0 spiro atoms. The van der Waals surface area contributed by atoms with Gasteiger partial charge in [0.1, 0.15) is 17.1 Å². The van der Waals surface area contributed by atoms with Crippen molar-refractivity contribution in [2.75, 3.05) is 11.9 Å². The number of amides is 2. The lowest BCUT2D eigenvalue weighted by atomic mass is 10.2. The molecule has 0 unspecified atom stereocenters. The van der Waals surface area contributed by atoms with Gasteiger partial charge in [0.25, 0.3) is 5.91 Å². The second-order valence-electron chi connectivity index (χ2n) is 7.87. The van der Waals surface area contributed by atoms with E-state index in [1.165, 1.54) is 22.1 Å². The van der Waals surface area contributed by atoms with Gasteiger partial charge in [-0.3, -0.25) is 9.48 Å². The first kappa shape index (κ1) is 23.9. The molecule has 0 radical (unpaired) electrons. The highest BCUT2D eigenvalue weighted by Gasteiger charge is 2.17. The average molecular weight is 524 g/mol. The SMILES string of the molecule is CC(C)(C)OC(=O)NCCc1nc(C(=O)Nc2nn(Cc3ccccc3F)cc2Br)cs1. The second-order valence-corrected chi connectivity index (χ2v) is 9.67. The Morgan fingerprint density at radius 3 is 2.75 bits per heavy atom. The summed E-state index contributed by atoms with van der Waals surface area (Å²) in [5.41, 5.74) is 0.176. The molecule has 0 atom stereocenters. The van der Waals surface area contributed by atoms with E-state index < -0.39 is 17.6 Å². The molecule has 2 N–H and O–H groups in total. The fraction of sp³-hybridized carbons (Fsp3) is 0.333. The molecule has 3 rings (SSSR count). The van der Waals surface area contributed by atoms with Crippen LogP contribution in [-0.2, 0) is 17.7 Å². The fourth-order valence-electron chi connectivity index (χ4n) is 2.65. The van der Waals surface area contributed by atoms with E-state index >= 15 is 0 Å². The van der Waals surface area contributed by atoms with Crippen molar-refractivity contribution in [1.29, 1.82) is 0 Å². The predicted octanol–water partition coefficient (Wildman–Crippen LogP) is 4.61. The number of halogens is 2. The predicted molar refractivity (Wildman–Crippen MR) is 123 cm³/mol. The van der Waals surface area contributed by atoms with Crippen LogP contribution in [-0.4, -0.2) is 38.9 Å². The summed E-state index contributed by atoms with van der Waals surface area (Å²) in [4.78, 5) is 28.5. The van der Waals surface area contributed by atoms with Gasteiger partial charge in [0, 0.05) is 30.1 Å². The molecule has 1 aromatic carbocycles. The van der Waals surface area contributed by atoms with Crippen molar-refractivity contribution < 1.29 is 18.7 Å². The molecule has 0 aliphatic carbocycles. The van der Waals surface area contributed by atoms with Gasteiger partial charge in [0.2, 0.25) is 0 Å². The number of ether oxygens (including phenoxy) is 1. The third-order valence-corrected chi connectivity index (χ3v) is 5.52. The minimum atomic E-state index is -0.562. The molecule has 2 heterocycles. The van der Waals surface area contributed by atoms with Crippen molar-refractivity contribution in [2.45, 2.75) is 39.3 Å². The van der Waals surface area contributed by atoms with E-state index in [1.807, 2.05) is 0 Å². The quantitative estimate of drug-likeness (QED) is 0.471. The number of hydrogen-bond donors (Lipinski definition) is 2. The summed E-state index contributed by atoms with van der Waals surface area (Å²) in [6.45, 7) is 5.95. The number of aromatic nitrogens is 3. The van der Waals surface area contributed by atoms with E-state index in [2.05, 4.69) is 36.6 Å². The van der Waals surface area contributed by atoms with Crippen molar-refractivity contribution in [3.05, 3.63) is 62.4 Å². The van der Waals surface area contributed by atoms with Gasteiger partial charge in [-0.25, -0.2) is 14.2 Å². The van der Waals surface area contributed by atoms with Crippen LogP contribution >= 0.6 is 27.3 Å². The van der Waals surface area contributed by atoms with Crippen LogP contribution in [0.2, 0.25) is 0 Å². The maximum atomic E-state index is 13.9. The summed E-state index contributed by atoms with van der Waals surface area (Å²) >= 11 is 4.68. The molecular formula is C21H23BrFN5O3S. The Morgan fingerprint density at radius 2 is 2.03 bits per heavy atom. The third kappa shape index (κ3) is 6.86. The summed E-state index contributed by atoms with van der Waals surface area (Å²) in [6, 6.07) is 6.44. The first-order valence-electron chi connectivity index (χ1n) is 9.79. The second kappa shape index (κ2) is 10.2. The van der Waals surface area contributed by atoms with Crippen molar-refractivity contribution in [2.24, 2.45) is 0 Å². The van der Waals surface area contributed by atoms with Crippen LogP contribution in [0, 0.1) is 5.82 Å². The van der Waals surface area contributed by atoms with Crippen molar-refractivity contribution >= 4 is 45.1 Å². The van der Waals surface area contributed by atoms with Gasteiger partial charge >= 0.3 is 6.09 Å². The topological polar surface area (TPSA) is 98.1 Å². The first-order chi connectivity index (χ1) is 15.1. The molecule has 2 aromatic heterocycles. The zero-order chi connectivity index (χ0) is 23.3. The number of hydrogen-bond acceptors (Lipinski definition) is 6. The van der Waals surface area contributed by atoms with E-state index in [0.717, 1.165) is 0 Å². The number of thiazole rings is 1. The van der Waals surface area contributed by atoms with Gasteiger partial charge in [-0.1, -0.05) is 18.2 Å². The summed E-state index contributed by atoms with van der Waals surface area (Å²) in [6.07, 6.45) is 1.64. The Labute approximate surface area is 197 Å². The first-order valence-corrected chi connectivity index (χ1v) is 11.5. The zero-order valence-corrected chi connectivity index (χ0v) is 20.2. The number of alkyl carbamates (subject to hydrolysis) is 1. The average Bonchev–Trinajstić information content (AvgIpc) is 3.29. The molecule has 0 saturated carbocycles. The highest BCUT2D eigenvalue weighted by atomic mass is 79.9. The minimum Gasteiger partial charge on any atom is -0.444 e. The van der Waals surface area contributed by atoms with Crippen LogP contribution in [0.4, 0.5) is 15.0 Å². The Balaban J connectivity index is 1.54. The number of nitrogens with zero attached hydrogens (tertiary/aromatic N) is 3. The van der Waals surface area contributed by atoms with Crippen LogP contribution < -0.4 is 10.6 Å². The van der Waals surface area contributed by atoms with Crippen LogP contribution in [0.25, 0.3) is 0 Å². The molecule has 0 fully saturated rings. The molecule has 170 valence electrons. The molecule has 2 amide bonds. The monoisotopic (exact) mass is 523 g/mol. The molecule has 8 nitrogen and oxygen atoms in total. The number of rotatable bonds is 7. The van der Waals surface area contributed by atoms with E-state index in [0.29, 0.717) is 33.8 Å². The standard InChI is InChI=1S/C21H23BrFN5O3S/c1-21(2,3)31-20(30)24-9-8-17-25-16(12-32-17)19(29)26-18-14(22)11-28(27-18)10-13-6-4-5-7-15(13)23/h4-7,11-12H,8-10H2,1-3H3,(H,24,30)(H,26,27,29). The molecule has 3 aromatic rings.